The van der Waals surface area contributed by atoms with E-state index in [1.54, 1.807) is 5.38 Å². The number of anilines is 1. The van der Waals surface area contributed by atoms with Gasteiger partial charge in [-0.25, -0.2) is 18.1 Å². The summed E-state index contributed by atoms with van der Waals surface area (Å²) in [6.45, 7) is -0.511. The van der Waals surface area contributed by atoms with Gasteiger partial charge < -0.3 is 5.32 Å². The van der Waals surface area contributed by atoms with Crippen molar-refractivity contribution in [3.05, 3.63) is 91.4 Å². The van der Waals surface area contributed by atoms with E-state index in [0.717, 1.165) is 28.0 Å². The van der Waals surface area contributed by atoms with Gasteiger partial charge in [0.1, 0.15) is 22.9 Å². The maximum atomic E-state index is 14.3. The van der Waals surface area contributed by atoms with Crippen LogP contribution in [0.1, 0.15) is 0 Å². The molecule has 0 aliphatic rings. The van der Waals surface area contributed by atoms with Gasteiger partial charge in [0.15, 0.2) is 0 Å². The van der Waals surface area contributed by atoms with Crippen molar-refractivity contribution >= 4 is 44.7 Å². The molecule has 152 valence electrons. The molecule has 0 fully saturated rings. The Bertz CT molecular complexity index is 1410. The number of amides is 1. The van der Waals surface area contributed by atoms with Gasteiger partial charge in [-0.2, -0.15) is 0 Å². The van der Waals surface area contributed by atoms with Gasteiger partial charge in [0, 0.05) is 5.02 Å². The van der Waals surface area contributed by atoms with E-state index in [1.165, 1.54) is 36.4 Å². The smallest absolute Gasteiger partial charge is 0.322 e. The highest BCUT2D eigenvalue weighted by Gasteiger charge is 2.19. The van der Waals surface area contributed by atoms with Gasteiger partial charge in [-0.05, 0) is 41.8 Å². The van der Waals surface area contributed by atoms with Crippen molar-refractivity contribution in [3.63, 3.8) is 0 Å². The van der Waals surface area contributed by atoms with Crippen molar-refractivity contribution in [2.24, 2.45) is 0 Å². The van der Waals surface area contributed by atoms with Crippen LogP contribution in [0.3, 0.4) is 0 Å². The fraction of sp³-hybridized carbons (Fsp3) is 0.0500. The molecule has 0 atom stereocenters. The van der Waals surface area contributed by atoms with E-state index < -0.39 is 35.3 Å². The van der Waals surface area contributed by atoms with E-state index in [-0.39, 0.29) is 26.6 Å². The first kappa shape index (κ1) is 20.0. The van der Waals surface area contributed by atoms with Crippen molar-refractivity contribution in [3.8, 4) is 5.69 Å². The molecule has 0 saturated carbocycles. The number of para-hydroxylation sites is 1. The van der Waals surface area contributed by atoms with Crippen LogP contribution in [0.2, 0.25) is 5.02 Å². The molecule has 4 aromatic rings. The molecular formula is C20H12ClF2N3O3S. The Morgan fingerprint density at radius 2 is 1.83 bits per heavy atom. The lowest BCUT2D eigenvalue weighted by atomic mass is 10.3. The molecule has 2 aromatic heterocycles. The van der Waals surface area contributed by atoms with Gasteiger partial charge in [0.05, 0.1) is 16.9 Å². The molecule has 10 heteroatoms. The highest BCUT2D eigenvalue weighted by atomic mass is 35.5. The van der Waals surface area contributed by atoms with E-state index in [0.29, 0.717) is 4.57 Å². The second kappa shape index (κ2) is 7.85. The van der Waals surface area contributed by atoms with Gasteiger partial charge in [-0.15, -0.1) is 11.3 Å². The number of benzene rings is 2. The number of thiophene rings is 1. The molecule has 0 aliphatic carbocycles. The summed E-state index contributed by atoms with van der Waals surface area (Å²) in [5, 5.41) is 4.12. The van der Waals surface area contributed by atoms with Crippen LogP contribution in [0.5, 0.6) is 0 Å². The topological polar surface area (TPSA) is 73.1 Å². The number of hydrogen-bond donors (Lipinski definition) is 1. The lowest BCUT2D eigenvalue weighted by Gasteiger charge is -2.13. The van der Waals surface area contributed by atoms with E-state index in [9.17, 15) is 23.2 Å². The van der Waals surface area contributed by atoms with Gasteiger partial charge in [0.2, 0.25) is 5.91 Å². The third-order valence-corrected chi connectivity index (χ3v) is 5.48. The number of hydrogen-bond acceptors (Lipinski definition) is 4. The summed E-state index contributed by atoms with van der Waals surface area (Å²) in [6.07, 6.45) is 0. The molecule has 0 spiro atoms. The molecule has 4 rings (SSSR count). The number of nitrogens with one attached hydrogen (secondary N) is 1. The molecule has 0 saturated heterocycles. The lowest BCUT2D eigenvalue weighted by Crippen LogP contribution is -2.40. The molecule has 6 nitrogen and oxygen atoms in total. The molecule has 2 heterocycles. The normalized spacial score (nSPS) is 11.0. The minimum atomic E-state index is -0.886. The Kier molecular flexibility index (Phi) is 5.23. The predicted octanol–water partition coefficient (Wildman–Crippen LogP) is 3.78. The van der Waals surface area contributed by atoms with Crippen LogP contribution in [-0.4, -0.2) is 15.0 Å². The maximum Gasteiger partial charge on any atom is 0.336 e. The van der Waals surface area contributed by atoms with Crippen LogP contribution < -0.4 is 16.6 Å². The summed E-state index contributed by atoms with van der Waals surface area (Å²) in [4.78, 5) is 38.4. The Balaban J connectivity index is 1.80. The minimum absolute atomic E-state index is 0.110. The van der Waals surface area contributed by atoms with E-state index in [1.807, 2.05) is 0 Å². The highest BCUT2D eigenvalue weighted by Crippen LogP contribution is 2.20. The zero-order chi connectivity index (χ0) is 21.4. The third-order valence-electron chi connectivity index (χ3n) is 4.36. The summed E-state index contributed by atoms with van der Waals surface area (Å²) in [6, 6.07) is 10.6. The average Bonchev–Trinajstić information content (AvgIpc) is 3.19. The third kappa shape index (κ3) is 3.53. The molecule has 1 N–H and O–H groups in total. The van der Waals surface area contributed by atoms with Crippen molar-refractivity contribution < 1.29 is 13.6 Å². The first-order valence-corrected chi connectivity index (χ1v) is 9.85. The monoisotopic (exact) mass is 447 g/mol. The van der Waals surface area contributed by atoms with Crippen molar-refractivity contribution in [2.75, 3.05) is 5.32 Å². The van der Waals surface area contributed by atoms with Gasteiger partial charge in [0.25, 0.3) is 5.56 Å². The van der Waals surface area contributed by atoms with Crippen molar-refractivity contribution in [1.29, 1.82) is 0 Å². The number of halogens is 3. The fourth-order valence-electron chi connectivity index (χ4n) is 3.01. The quantitative estimate of drug-likeness (QED) is 0.517. The Labute approximate surface area is 176 Å². The zero-order valence-corrected chi connectivity index (χ0v) is 16.6. The predicted molar refractivity (Wildman–Crippen MR) is 112 cm³/mol. The van der Waals surface area contributed by atoms with Crippen LogP contribution in [0, 0.1) is 11.6 Å². The molecule has 1 amide bonds. The Morgan fingerprint density at radius 3 is 2.57 bits per heavy atom. The molecule has 0 radical (unpaired) electrons. The van der Waals surface area contributed by atoms with Crippen LogP contribution in [0.25, 0.3) is 15.9 Å². The fourth-order valence-corrected chi connectivity index (χ4v) is 3.99. The van der Waals surface area contributed by atoms with Gasteiger partial charge in [-0.3, -0.25) is 14.2 Å². The summed E-state index contributed by atoms with van der Waals surface area (Å²) in [5.74, 6) is -2.20. The maximum absolute atomic E-state index is 14.3. The highest BCUT2D eigenvalue weighted by molar-refractivity contribution is 7.17. The summed E-state index contributed by atoms with van der Waals surface area (Å²) in [7, 11) is 0. The van der Waals surface area contributed by atoms with E-state index in [2.05, 4.69) is 5.32 Å². The summed E-state index contributed by atoms with van der Waals surface area (Å²) < 4.78 is 30.2. The first-order chi connectivity index (χ1) is 14.4. The van der Waals surface area contributed by atoms with E-state index in [4.69, 9.17) is 11.6 Å². The molecule has 2 aromatic carbocycles. The first-order valence-electron chi connectivity index (χ1n) is 8.59. The standard InChI is InChI=1S/C20H12ClF2N3O3S/c21-11-5-6-14(13(23)9-11)24-17(27)10-25-16-7-8-30-18(16)19(28)26(20(25)29)15-4-2-1-3-12(15)22/h1-9H,10H2,(H,24,27). The molecule has 0 unspecified atom stereocenters. The van der Waals surface area contributed by atoms with Gasteiger partial charge in [-0.1, -0.05) is 23.7 Å². The SMILES string of the molecule is O=C(Cn1c(=O)n(-c2ccccc2F)c(=O)c2sccc21)Nc1ccc(Cl)cc1F. The number of fused-ring (bicyclic) bond motifs is 1. The molecular weight excluding hydrogens is 436 g/mol. The number of carbonyl (C=O) groups excluding carboxylic acids is 1. The van der Waals surface area contributed by atoms with E-state index >= 15 is 0 Å². The molecule has 30 heavy (non-hydrogen) atoms. The number of aromatic nitrogens is 2. The van der Waals surface area contributed by atoms with Crippen LogP contribution >= 0.6 is 22.9 Å². The molecule has 0 bridgehead atoms. The Morgan fingerprint density at radius 1 is 1.07 bits per heavy atom. The average molecular weight is 448 g/mol. The minimum Gasteiger partial charge on any atom is -0.322 e. The van der Waals surface area contributed by atoms with Crippen LogP contribution in [-0.2, 0) is 11.3 Å². The summed E-state index contributed by atoms with van der Waals surface area (Å²) in [5.41, 5.74) is -1.67. The van der Waals surface area contributed by atoms with Crippen molar-refractivity contribution in [2.45, 2.75) is 6.54 Å². The second-order valence-electron chi connectivity index (χ2n) is 6.27. The number of nitrogens with zero attached hydrogens (tertiary/aromatic N) is 2. The van der Waals surface area contributed by atoms with Gasteiger partial charge >= 0.3 is 5.69 Å². The van der Waals surface area contributed by atoms with Crippen LogP contribution in [0.15, 0.2) is 63.5 Å². The largest absolute Gasteiger partial charge is 0.336 e. The lowest BCUT2D eigenvalue weighted by molar-refractivity contribution is -0.116. The van der Waals surface area contributed by atoms with Crippen molar-refractivity contribution in [1.82, 2.24) is 9.13 Å². The Hall–Kier alpha value is -3.30. The van der Waals surface area contributed by atoms with Crippen LogP contribution in [0.4, 0.5) is 14.5 Å². The number of rotatable bonds is 4. The molecule has 0 aliphatic heterocycles. The number of carbonyl (C=O) groups is 1. The second-order valence-corrected chi connectivity index (χ2v) is 7.62. The zero-order valence-electron chi connectivity index (χ0n) is 15.1. The summed E-state index contributed by atoms with van der Waals surface area (Å²) >= 11 is 6.76.